The van der Waals surface area contributed by atoms with Gasteiger partial charge in [0.1, 0.15) is 6.61 Å². The predicted octanol–water partition coefficient (Wildman–Crippen LogP) is 5.49. The Morgan fingerprint density at radius 3 is 2.47 bits per heavy atom. The van der Waals surface area contributed by atoms with Gasteiger partial charge in [-0.2, -0.15) is 0 Å². The highest BCUT2D eigenvalue weighted by Crippen LogP contribution is 2.36. The van der Waals surface area contributed by atoms with Crippen LogP contribution in [0.5, 0.6) is 0 Å². The Hall–Kier alpha value is -3.89. The largest absolute Gasteiger partial charge is 0.450 e. The van der Waals surface area contributed by atoms with Crippen LogP contribution in [-0.2, 0) is 14.3 Å². The molecule has 3 atom stereocenters. The van der Waals surface area contributed by atoms with Gasteiger partial charge in [-0.15, -0.1) is 6.58 Å². The third-order valence-corrected chi connectivity index (χ3v) is 7.52. The third kappa shape index (κ3) is 11.2. The smallest absolute Gasteiger partial charge is 0.409 e. The first kappa shape index (κ1) is 39.1. The lowest BCUT2D eigenvalue weighted by atomic mass is 9.85. The normalized spacial score (nSPS) is 15.9. The molecule has 1 aromatic rings. The molecule has 2 rings (SSSR count). The molecule has 1 heterocycles. The fourth-order valence-corrected chi connectivity index (χ4v) is 5.34. The van der Waals surface area contributed by atoms with Crippen LogP contribution in [0.15, 0.2) is 61.5 Å². The van der Waals surface area contributed by atoms with Crippen molar-refractivity contribution in [3.05, 3.63) is 78.2 Å². The third-order valence-electron chi connectivity index (χ3n) is 7.52. The number of methoxy groups -OCH3 is 1. The second kappa shape index (κ2) is 21.0. The number of allylic oxidation sites excluding steroid dienone is 2. The van der Waals surface area contributed by atoms with E-state index in [1.165, 1.54) is 13.4 Å². The Morgan fingerprint density at radius 1 is 1.18 bits per heavy atom. The minimum atomic E-state index is -0.616. The van der Waals surface area contributed by atoms with Crippen molar-refractivity contribution in [2.24, 2.45) is 0 Å². The van der Waals surface area contributed by atoms with Crippen LogP contribution in [0.3, 0.4) is 0 Å². The first-order valence-corrected chi connectivity index (χ1v) is 15.8. The summed E-state index contributed by atoms with van der Waals surface area (Å²) in [5, 5.41) is 14.4. The zero-order valence-electron chi connectivity index (χ0n) is 28.7. The van der Waals surface area contributed by atoms with Crippen LogP contribution in [0, 0.1) is 12.3 Å². The molecule has 0 aromatic heterocycles. The summed E-state index contributed by atoms with van der Waals surface area (Å²) in [5.74, 6) is -0.289. The fraction of sp³-hybridized carbons (Fsp3) is 0.514. The minimum absolute atomic E-state index is 0.102. The van der Waals surface area contributed by atoms with Crippen molar-refractivity contribution in [2.75, 3.05) is 53.6 Å². The molecule has 1 unspecified atom stereocenters. The molecule has 1 aliphatic heterocycles. The van der Waals surface area contributed by atoms with E-state index >= 15 is 0 Å². The highest BCUT2D eigenvalue weighted by molar-refractivity contribution is 5.84. The van der Waals surface area contributed by atoms with Crippen molar-refractivity contribution in [3.8, 4) is 0 Å². The molecule has 1 aliphatic rings. The maximum absolute atomic E-state index is 12.8. The Labute approximate surface area is 271 Å². The molecule has 0 aliphatic carbocycles. The van der Waals surface area contributed by atoms with Gasteiger partial charge >= 0.3 is 6.09 Å². The van der Waals surface area contributed by atoms with Gasteiger partial charge in [0, 0.05) is 46.0 Å². The van der Waals surface area contributed by atoms with E-state index in [1.807, 2.05) is 66.0 Å². The zero-order chi connectivity index (χ0) is 33.9. The van der Waals surface area contributed by atoms with Gasteiger partial charge < -0.3 is 29.9 Å². The van der Waals surface area contributed by atoms with Crippen LogP contribution in [0.1, 0.15) is 63.8 Å². The molecule has 0 spiro atoms. The average molecular weight is 625 g/mol. The van der Waals surface area contributed by atoms with Crippen LogP contribution in [0.25, 0.3) is 5.57 Å². The van der Waals surface area contributed by atoms with Crippen molar-refractivity contribution in [3.63, 3.8) is 0 Å². The molecule has 10 heteroatoms. The molecule has 45 heavy (non-hydrogen) atoms. The van der Waals surface area contributed by atoms with Crippen molar-refractivity contribution >= 4 is 23.9 Å². The van der Waals surface area contributed by atoms with E-state index in [0.717, 1.165) is 35.2 Å². The number of carbonyl (C=O) groups is 2. The summed E-state index contributed by atoms with van der Waals surface area (Å²) in [6, 6.07) is 5.41. The van der Waals surface area contributed by atoms with Crippen LogP contribution >= 0.6 is 0 Å². The number of likely N-dealkylation sites (N-methyl/N-ethyl adjacent to an activating group) is 1. The number of aryl methyl sites for hydroxylation is 1. The van der Waals surface area contributed by atoms with Gasteiger partial charge in [-0.25, -0.2) is 4.79 Å². The van der Waals surface area contributed by atoms with Gasteiger partial charge in [-0.1, -0.05) is 62.4 Å². The Morgan fingerprint density at radius 2 is 1.89 bits per heavy atom. The number of nitrogens with zero attached hydrogens (tertiary/aromatic N) is 3. The summed E-state index contributed by atoms with van der Waals surface area (Å²) in [5.41, 5.74) is 4.45. The monoisotopic (exact) mass is 624 g/mol. The molecule has 0 bridgehead atoms. The van der Waals surface area contributed by atoms with E-state index in [4.69, 9.17) is 14.9 Å². The Balaban J connectivity index is 0.00000496. The molecule has 1 saturated heterocycles. The summed E-state index contributed by atoms with van der Waals surface area (Å²) in [4.78, 5) is 31.2. The number of nitrogens with one attached hydrogen (secondary N) is 3. The Bertz CT molecular complexity index is 1180. The molecule has 0 radical (unpaired) electrons. The summed E-state index contributed by atoms with van der Waals surface area (Å²) in [7, 11) is 3.21. The quantitative estimate of drug-likeness (QED) is 0.134. The summed E-state index contributed by atoms with van der Waals surface area (Å²) in [6.07, 6.45) is 9.44. The number of amides is 2. The van der Waals surface area contributed by atoms with Gasteiger partial charge in [-0.3, -0.25) is 15.1 Å². The Kier molecular flexibility index (Phi) is 18.2. The number of rotatable bonds is 15. The molecule has 3 N–H and O–H groups in total. The standard InChI is InChI=1S/C33H50N6O4.C2H6/c1-9-16-35-29(11-3)32(38-17-13-18-39(20-19-38)33(41)43-12-4)27-15-14-24(5)21-28(27)26(10-2)31(25(6)37(7)23-34)36-30(40)22-42-8;1-2/h9-11,14-16,21,23,29,31-32,34-35H,3,6,12-13,17-20,22H2,1-2,4-5,7-8H3,(H,36,40);1-2H3/b16-9-,26-10+,34-23?;/t29?,31-,32-;/m0./s1. The average Bonchev–Trinajstić information content (AvgIpc) is 3.30. The first-order valence-electron chi connectivity index (χ1n) is 15.8. The maximum atomic E-state index is 12.8. The molecule has 1 aromatic carbocycles. The lowest BCUT2D eigenvalue weighted by Crippen LogP contribution is -2.45. The topological polar surface area (TPSA) is 110 Å². The molecular formula is C35H56N6O4. The zero-order valence-corrected chi connectivity index (χ0v) is 28.7. The van der Waals surface area contributed by atoms with E-state index in [-0.39, 0.29) is 30.7 Å². The number of benzene rings is 1. The van der Waals surface area contributed by atoms with Crippen molar-refractivity contribution in [2.45, 2.75) is 66.1 Å². The van der Waals surface area contributed by atoms with Crippen molar-refractivity contribution < 1.29 is 19.1 Å². The molecule has 2 amide bonds. The number of hydrogen-bond donors (Lipinski definition) is 3. The maximum Gasteiger partial charge on any atom is 0.409 e. The minimum Gasteiger partial charge on any atom is -0.450 e. The fourth-order valence-electron chi connectivity index (χ4n) is 5.34. The number of carbonyl (C=O) groups excluding carboxylic acids is 2. The number of ether oxygens (including phenoxy) is 2. The highest BCUT2D eigenvalue weighted by atomic mass is 16.6. The summed E-state index contributed by atoms with van der Waals surface area (Å²) in [6.45, 7) is 23.0. The van der Waals surface area contributed by atoms with Gasteiger partial charge in [-0.05, 0) is 57.0 Å². The van der Waals surface area contributed by atoms with Gasteiger partial charge in [0.05, 0.1) is 31.1 Å². The highest BCUT2D eigenvalue weighted by Gasteiger charge is 2.33. The molecule has 10 nitrogen and oxygen atoms in total. The van der Waals surface area contributed by atoms with E-state index in [2.05, 4.69) is 46.9 Å². The molecular weight excluding hydrogens is 568 g/mol. The van der Waals surface area contributed by atoms with E-state index in [0.29, 0.717) is 31.9 Å². The van der Waals surface area contributed by atoms with Crippen molar-refractivity contribution in [1.29, 1.82) is 5.41 Å². The van der Waals surface area contributed by atoms with Gasteiger partial charge in [0.25, 0.3) is 0 Å². The van der Waals surface area contributed by atoms with Crippen LogP contribution < -0.4 is 10.6 Å². The molecule has 0 saturated carbocycles. The second-order valence-corrected chi connectivity index (χ2v) is 10.4. The van der Waals surface area contributed by atoms with Gasteiger partial charge in [0.2, 0.25) is 5.91 Å². The SMILES string of the molecule is C=CC(N/C=C\C)[C@H](c1ccc(C)cc1/C(=C\C)[C@@H](NC(=O)COC)C(=C)N(C)C=N)N1CCCN(C(=O)OCC)CC1.CC. The van der Waals surface area contributed by atoms with Gasteiger partial charge in [0.15, 0.2) is 0 Å². The first-order chi connectivity index (χ1) is 21.7. The lowest BCUT2D eigenvalue weighted by molar-refractivity contribution is -0.124. The number of hydrogen-bond acceptors (Lipinski definition) is 7. The molecule has 1 fully saturated rings. The van der Waals surface area contributed by atoms with E-state index < -0.39 is 6.04 Å². The van der Waals surface area contributed by atoms with E-state index in [9.17, 15) is 9.59 Å². The van der Waals surface area contributed by atoms with Crippen LogP contribution in [-0.4, -0.2) is 98.7 Å². The van der Waals surface area contributed by atoms with Crippen LogP contribution in [0.2, 0.25) is 0 Å². The lowest BCUT2D eigenvalue weighted by Gasteiger charge is -2.38. The summed E-state index contributed by atoms with van der Waals surface area (Å²) >= 11 is 0. The van der Waals surface area contributed by atoms with E-state index in [1.54, 1.807) is 16.8 Å². The second-order valence-electron chi connectivity index (χ2n) is 10.4. The van der Waals surface area contributed by atoms with Crippen LogP contribution in [0.4, 0.5) is 4.79 Å². The van der Waals surface area contributed by atoms with Crippen molar-refractivity contribution in [1.82, 2.24) is 25.3 Å². The summed E-state index contributed by atoms with van der Waals surface area (Å²) < 4.78 is 10.4. The molecule has 250 valence electrons. The predicted molar refractivity (Wildman–Crippen MR) is 185 cm³/mol.